The number of esters is 1. The van der Waals surface area contributed by atoms with E-state index in [9.17, 15) is 9.59 Å². The molecule has 1 N–H and O–H groups in total. The molecule has 4 nitrogen and oxygen atoms in total. The zero-order chi connectivity index (χ0) is 20.5. The summed E-state index contributed by atoms with van der Waals surface area (Å²) >= 11 is 0. The van der Waals surface area contributed by atoms with Gasteiger partial charge in [0.15, 0.2) is 5.78 Å². The number of ketones is 1. The van der Waals surface area contributed by atoms with Crippen molar-refractivity contribution in [2.75, 3.05) is 7.11 Å². The lowest BCUT2D eigenvalue weighted by atomic mass is 9.94. The Labute approximate surface area is 167 Å². The lowest BCUT2D eigenvalue weighted by Crippen LogP contribution is -2.44. The minimum atomic E-state index is -0.486. The summed E-state index contributed by atoms with van der Waals surface area (Å²) in [6.07, 6.45) is 3.68. The standard InChI is InChI=1S/C24H29NO3/c1-17(2)23(24(27)28-4)25-22(21-13-9-8-10-18(21)3)16-20(26)15-14-19-11-6-5-7-12-19/h5-15,17,22-23,25H,16H2,1-4H3/b15-14+/t22?,23-/m0/s1. The van der Waals surface area contributed by atoms with Crippen molar-refractivity contribution < 1.29 is 14.3 Å². The van der Waals surface area contributed by atoms with Crippen molar-refractivity contribution in [3.63, 3.8) is 0 Å². The lowest BCUT2D eigenvalue weighted by Gasteiger charge is -2.27. The van der Waals surface area contributed by atoms with Crippen molar-refractivity contribution in [3.05, 3.63) is 77.4 Å². The van der Waals surface area contributed by atoms with Gasteiger partial charge in [-0.15, -0.1) is 0 Å². The van der Waals surface area contributed by atoms with Gasteiger partial charge in [-0.25, -0.2) is 0 Å². The summed E-state index contributed by atoms with van der Waals surface area (Å²) in [6.45, 7) is 5.93. The molecule has 0 aliphatic heterocycles. The van der Waals surface area contributed by atoms with Crippen LogP contribution in [0.15, 0.2) is 60.7 Å². The zero-order valence-corrected chi connectivity index (χ0v) is 17.0. The summed E-state index contributed by atoms with van der Waals surface area (Å²) in [6, 6.07) is 16.9. The maximum absolute atomic E-state index is 12.7. The summed E-state index contributed by atoms with van der Waals surface area (Å²) in [4.78, 5) is 24.9. The Hall–Kier alpha value is -2.72. The minimum absolute atomic E-state index is 0.00280. The number of nitrogens with one attached hydrogen (secondary N) is 1. The van der Waals surface area contributed by atoms with Gasteiger partial charge in [0, 0.05) is 12.5 Å². The largest absolute Gasteiger partial charge is 0.468 e. The topological polar surface area (TPSA) is 55.4 Å². The van der Waals surface area contributed by atoms with Gasteiger partial charge in [-0.3, -0.25) is 14.9 Å². The minimum Gasteiger partial charge on any atom is -0.468 e. The van der Waals surface area contributed by atoms with Crippen LogP contribution in [-0.4, -0.2) is 24.9 Å². The number of carbonyl (C=O) groups is 2. The Kier molecular flexibility index (Phi) is 8.15. The first-order chi connectivity index (χ1) is 13.4. The van der Waals surface area contributed by atoms with Gasteiger partial charge in [0.25, 0.3) is 0 Å². The average Bonchev–Trinajstić information content (AvgIpc) is 2.70. The molecule has 2 rings (SSSR count). The molecule has 0 bridgehead atoms. The van der Waals surface area contributed by atoms with E-state index in [4.69, 9.17) is 4.74 Å². The summed E-state index contributed by atoms with van der Waals surface area (Å²) in [5.74, 6) is -0.285. The first-order valence-corrected chi connectivity index (χ1v) is 9.57. The smallest absolute Gasteiger partial charge is 0.323 e. The van der Waals surface area contributed by atoms with E-state index in [1.165, 1.54) is 7.11 Å². The first-order valence-electron chi connectivity index (χ1n) is 9.57. The van der Waals surface area contributed by atoms with Crippen LogP contribution in [0.25, 0.3) is 6.08 Å². The number of benzene rings is 2. The van der Waals surface area contributed by atoms with Crippen LogP contribution in [0.4, 0.5) is 0 Å². The Morgan fingerprint density at radius 1 is 1.04 bits per heavy atom. The molecule has 0 aliphatic rings. The lowest BCUT2D eigenvalue weighted by molar-refractivity contribution is -0.144. The highest BCUT2D eigenvalue weighted by Crippen LogP contribution is 2.23. The fourth-order valence-corrected chi connectivity index (χ4v) is 3.14. The first kappa shape index (κ1) is 21.6. The number of rotatable bonds is 9. The molecular weight excluding hydrogens is 350 g/mol. The molecule has 0 heterocycles. The van der Waals surface area contributed by atoms with E-state index in [-0.39, 0.29) is 30.1 Å². The fourth-order valence-electron chi connectivity index (χ4n) is 3.14. The van der Waals surface area contributed by atoms with E-state index < -0.39 is 6.04 Å². The Morgan fingerprint density at radius 3 is 2.29 bits per heavy atom. The van der Waals surface area contributed by atoms with Crippen molar-refractivity contribution in [2.45, 2.75) is 39.3 Å². The van der Waals surface area contributed by atoms with Crippen molar-refractivity contribution in [1.82, 2.24) is 5.32 Å². The molecule has 2 aromatic rings. The molecule has 0 spiro atoms. The highest BCUT2D eigenvalue weighted by molar-refractivity contribution is 5.94. The molecular formula is C24H29NO3. The molecule has 0 radical (unpaired) electrons. The van der Waals surface area contributed by atoms with Gasteiger partial charge in [-0.05, 0) is 35.6 Å². The SMILES string of the molecule is COC(=O)[C@@H](NC(CC(=O)/C=C/c1ccccc1)c1ccccc1C)C(C)C. The fraction of sp³-hybridized carbons (Fsp3) is 0.333. The molecule has 2 atom stereocenters. The number of ether oxygens (including phenoxy) is 1. The van der Waals surface area contributed by atoms with E-state index >= 15 is 0 Å². The molecule has 0 saturated carbocycles. The number of aryl methyl sites for hydroxylation is 1. The van der Waals surface area contributed by atoms with Gasteiger partial charge in [0.1, 0.15) is 6.04 Å². The van der Waals surface area contributed by atoms with Gasteiger partial charge in [-0.2, -0.15) is 0 Å². The van der Waals surface area contributed by atoms with Crippen LogP contribution in [-0.2, 0) is 14.3 Å². The van der Waals surface area contributed by atoms with Crippen LogP contribution in [0.3, 0.4) is 0 Å². The van der Waals surface area contributed by atoms with Crippen molar-refractivity contribution >= 4 is 17.8 Å². The Bertz CT molecular complexity index is 812. The van der Waals surface area contributed by atoms with Gasteiger partial charge in [0.2, 0.25) is 0 Å². The summed E-state index contributed by atoms with van der Waals surface area (Å²) in [5.41, 5.74) is 3.07. The molecule has 4 heteroatoms. The number of hydrogen-bond donors (Lipinski definition) is 1. The van der Waals surface area contributed by atoms with E-state index in [1.807, 2.05) is 81.4 Å². The van der Waals surface area contributed by atoms with Crippen LogP contribution in [0.1, 0.15) is 43.0 Å². The summed E-state index contributed by atoms with van der Waals surface area (Å²) < 4.78 is 4.95. The second kappa shape index (κ2) is 10.6. The number of methoxy groups -OCH3 is 1. The Morgan fingerprint density at radius 2 is 1.68 bits per heavy atom. The molecule has 0 saturated heterocycles. The van der Waals surface area contributed by atoms with Crippen LogP contribution < -0.4 is 5.32 Å². The van der Waals surface area contributed by atoms with Crippen LogP contribution in [0, 0.1) is 12.8 Å². The van der Waals surface area contributed by atoms with Crippen molar-refractivity contribution in [2.24, 2.45) is 5.92 Å². The van der Waals surface area contributed by atoms with Gasteiger partial charge in [0.05, 0.1) is 7.11 Å². The molecule has 0 fully saturated rings. The van der Waals surface area contributed by atoms with Crippen LogP contribution in [0.5, 0.6) is 0 Å². The molecule has 0 amide bonds. The maximum atomic E-state index is 12.7. The van der Waals surface area contributed by atoms with Crippen LogP contribution >= 0.6 is 0 Å². The van der Waals surface area contributed by atoms with E-state index in [1.54, 1.807) is 6.08 Å². The number of carbonyl (C=O) groups excluding carboxylic acids is 2. The molecule has 148 valence electrons. The summed E-state index contributed by atoms with van der Waals surface area (Å²) in [5, 5.41) is 3.36. The van der Waals surface area contributed by atoms with Gasteiger partial charge >= 0.3 is 5.97 Å². The molecule has 2 aromatic carbocycles. The summed E-state index contributed by atoms with van der Waals surface area (Å²) in [7, 11) is 1.38. The predicted molar refractivity (Wildman–Crippen MR) is 113 cm³/mol. The predicted octanol–water partition coefficient (Wildman–Crippen LogP) is 4.50. The highest BCUT2D eigenvalue weighted by atomic mass is 16.5. The molecule has 28 heavy (non-hydrogen) atoms. The quantitative estimate of drug-likeness (QED) is 0.515. The monoisotopic (exact) mass is 379 g/mol. The molecule has 0 aromatic heterocycles. The van der Waals surface area contributed by atoms with Gasteiger partial charge < -0.3 is 4.74 Å². The van der Waals surface area contributed by atoms with E-state index in [2.05, 4.69) is 5.32 Å². The third kappa shape index (κ3) is 6.17. The second-order valence-corrected chi connectivity index (χ2v) is 7.24. The zero-order valence-electron chi connectivity index (χ0n) is 17.0. The third-order valence-corrected chi connectivity index (χ3v) is 4.73. The average molecular weight is 380 g/mol. The number of allylic oxidation sites excluding steroid dienone is 1. The Balaban J connectivity index is 2.23. The number of hydrogen-bond acceptors (Lipinski definition) is 4. The van der Waals surface area contributed by atoms with Crippen molar-refractivity contribution in [3.8, 4) is 0 Å². The molecule has 0 aliphatic carbocycles. The third-order valence-electron chi connectivity index (χ3n) is 4.73. The van der Waals surface area contributed by atoms with Gasteiger partial charge in [-0.1, -0.05) is 74.5 Å². The van der Waals surface area contributed by atoms with Crippen LogP contribution in [0.2, 0.25) is 0 Å². The van der Waals surface area contributed by atoms with Crippen molar-refractivity contribution in [1.29, 1.82) is 0 Å². The highest BCUT2D eigenvalue weighted by Gasteiger charge is 2.28. The van der Waals surface area contributed by atoms with E-state index in [0.29, 0.717) is 0 Å². The normalized spacial score (nSPS) is 13.5. The second-order valence-electron chi connectivity index (χ2n) is 7.24. The van der Waals surface area contributed by atoms with E-state index in [0.717, 1.165) is 16.7 Å². The maximum Gasteiger partial charge on any atom is 0.323 e. The molecule has 1 unspecified atom stereocenters.